The molecule has 4 rings (SSSR count). The average Bonchev–Trinajstić information content (AvgIpc) is 3.09. The lowest BCUT2D eigenvalue weighted by molar-refractivity contribution is -0.0968. The second-order valence-corrected chi connectivity index (χ2v) is 6.23. The number of H-pyrrole nitrogens is 1. The van der Waals surface area contributed by atoms with Crippen LogP contribution in [0.15, 0.2) is 24.3 Å². The molecule has 2 aromatic rings. The van der Waals surface area contributed by atoms with Crippen molar-refractivity contribution in [3.63, 3.8) is 0 Å². The van der Waals surface area contributed by atoms with Gasteiger partial charge in [0.2, 0.25) is 0 Å². The Morgan fingerprint density at radius 2 is 2.00 bits per heavy atom. The number of rotatable bonds is 3. The summed E-state index contributed by atoms with van der Waals surface area (Å²) < 4.78 is 5.62. The summed E-state index contributed by atoms with van der Waals surface area (Å²) in [6.07, 6.45) is 2.48. The third kappa shape index (κ3) is 1.30. The SMILES string of the molecule is Cc1[nH]c2ccccc2c1C1(C2(CN)CC2)COC1. The minimum atomic E-state index is 0.144. The maximum absolute atomic E-state index is 6.10. The zero-order chi connectivity index (χ0) is 13.1. The van der Waals surface area contributed by atoms with Crippen molar-refractivity contribution in [3.8, 4) is 0 Å². The van der Waals surface area contributed by atoms with Crippen LogP contribution in [0.25, 0.3) is 10.9 Å². The minimum Gasteiger partial charge on any atom is -0.379 e. The lowest BCUT2D eigenvalue weighted by atomic mass is 9.65. The van der Waals surface area contributed by atoms with Crippen LogP contribution in [0.5, 0.6) is 0 Å². The van der Waals surface area contributed by atoms with E-state index < -0.39 is 0 Å². The Kier molecular flexibility index (Phi) is 2.19. The van der Waals surface area contributed by atoms with Gasteiger partial charge in [-0.1, -0.05) is 18.2 Å². The molecule has 0 atom stereocenters. The van der Waals surface area contributed by atoms with Gasteiger partial charge in [0.15, 0.2) is 0 Å². The number of nitrogens with one attached hydrogen (secondary N) is 1. The molecule has 0 spiro atoms. The van der Waals surface area contributed by atoms with Gasteiger partial charge >= 0.3 is 0 Å². The van der Waals surface area contributed by atoms with Gasteiger partial charge in [-0.3, -0.25) is 0 Å². The van der Waals surface area contributed by atoms with E-state index in [1.165, 1.54) is 35.0 Å². The maximum Gasteiger partial charge on any atom is 0.0592 e. The number of hydrogen-bond acceptors (Lipinski definition) is 2. The third-order valence-electron chi connectivity index (χ3n) is 5.33. The second-order valence-electron chi connectivity index (χ2n) is 6.23. The standard InChI is InChI=1S/C16H20N2O/c1-11-14(12-4-2-3-5-13(12)18-11)16(9-19-10-16)15(8-17)6-7-15/h2-5,18H,6-10,17H2,1H3. The van der Waals surface area contributed by atoms with E-state index in [1.807, 2.05) is 0 Å². The van der Waals surface area contributed by atoms with Crippen LogP contribution in [-0.4, -0.2) is 24.7 Å². The van der Waals surface area contributed by atoms with Crippen LogP contribution in [0.2, 0.25) is 0 Å². The number of aryl methyl sites for hydroxylation is 1. The molecule has 3 N–H and O–H groups in total. The molecule has 2 fully saturated rings. The molecular weight excluding hydrogens is 236 g/mol. The van der Waals surface area contributed by atoms with Crippen LogP contribution < -0.4 is 5.73 Å². The molecule has 1 saturated heterocycles. The van der Waals surface area contributed by atoms with E-state index in [9.17, 15) is 0 Å². The number of nitrogens with two attached hydrogens (primary N) is 1. The number of aromatic amines is 1. The van der Waals surface area contributed by atoms with Crippen LogP contribution in [0, 0.1) is 12.3 Å². The van der Waals surface area contributed by atoms with Gasteiger partial charge < -0.3 is 15.5 Å². The first-order chi connectivity index (χ1) is 9.22. The van der Waals surface area contributed by atoms with Crippen LogP contribution in [-0.2, 0) is 10.2 Å². The zero-order valence-electron chi connectivity index (χ0n) is 11.3. The van der Waals surface area contributed by atoms with Crippen LogP contribution >= 0.6 is 0 Å². The Morgan fingerprint density at radius 3 is 2.58 bits per heavy atom. The van der Waals surface area contributed by atoms with E-state index in [1.54, 1.807) is 0 Å². The molecule has 0 amide bonds. The molecule has 3 nitrogen and oxygen atoms in total. The van der Waals surface area contributed by atoms with Crippen LogP contribution in [0.3, 0.4) is 0 Å². The van der Waals surface area contributed by atoms with Gasteiger partial charge in [-0.05, 0) is 43.4 Å². The van der Waals surface area contributed by atoms with Crippen molar-refractivity contribution in [1.29, 1.82) is 0 Å². The highest BCUT2D eigenvalue weighted by atomic mass is 16.5. The van der Waals surface area contributed by atoms with Gasteiger partial charge in [0.25, 0.3) is 0 Å². The van der Waals surface area contributed by atoms with Crippen molar-refractivity contribution in [1.82, 2.24) is 4.98 Å². The predicted octanol–water partition coefficient (Wildman–Crippen LogP) is 2.48. The molecule has 1 aliphatic carbocycles. The van der Waals surface area contributed by atoms with Crippen LogP contribution in [0.4, 0.5) is 0 Å². The van der Waals surface area contributed by atoms with Crippen molar-refractivity contribution in [2.45, 2.75) is 25.2 Å². The Labute approximate surface area is 113 Å². The molecule has 3 heteroatoms. The van der Waals surface area contributed by atoms with Gasteiger partial charge in [0, 0.05) is 16.6 Å². The quantitative estimate of drug-likeness (QED) is 0.886. The van der Waals surface area contributed by atoms with E-state index in [4.69, 9.17) is 10.5 Å². The summed E-state index contributed by atoms with van der Waals surface area (Å²) in [7, 11) is 0. The first-order valence-electron chi connectivity index (χ1n) is 7.08. The summed E-state index contributed by atoms with van der Waals surface area (Å²) in [5, 5.41) is 1.35. The van der Waals surface area contributed by atoms with Gasteiger partial charge in [0.05, 0.1) is 18.6 Å². The Morgan fingerprint density at radius 1 is 1.26 bits per heavy atom. The lowest BCUT2D eigenvalue weighted by Gasteiger charge is -2.48. The van der Waals surface area contributed by atoms with Crippen molar-refractivity contribution in [2.75, 3.05) is 19.8 Å². The minimum absolute atomic E-state index is 0.144. The Bertz CT molecular complexity index is 635. The highest BCUT2D eigenvalue weighted by molar-refractivity contribution is 5.86. The van der Waals surface area contributed by atoms with E-state index in [2.05, 4.69) is 36.2 Å². The number of ether oxygens (including phenoxy) is 1. The molecule has 0 unspecified atom stereocenters. The average molecular weight is 256 g/mol. The van der Waals surface area contributed by atoms with E-state index in [0.717, 1.165) is 19.8 Å². The lowest BCUT2D eigenvalue weighted by Crippen LogP contribution is -2.56. The first-order valence-corrected chi connectivity index (χ1v) is 7.08. The molecule has 2 aliphatic rings. The molecule has 1 saturated carbocycles. The zero-order valence-corrected chi connectivity index (χ0v) is 11.3. The first kappa shape index (κ1) is 11.5. The molecule has 0 bridgehead atoms. The van der Waals surface area contributed by atoms with Gasteiger partial charge in [-0.25, -0.2) is 0 Å². The second kappa shape index (κ2) is 3.62. The van der Waals surface area contributed by atoms with E-state index in [0.29, 0.717) is 0 Å². The Hall–Kier alpha value is -1.32. The monoisotopic (exact) mass is 256 g/mol. The Balaban J connectivity index is 1.96. The van der Waals surface area contributed by atoms with E-state index >= 15 is 0 Å². The molecule has 100 valence electrons. The fourth-order valence-corrected chi connectivity index (χ4v) is 3.94. The highest BCUT2D eigenvalue weighted by Gasteiger charge is 2.63. The molecule has 0 radical (unpaired) electrons. The number of hydrogen-bond donors (Lipinski definition) is 2. The fraction of sp³-hybridized carbons (Fsp3) is 0.500. The number of aromatic nitrogens is 1. The van der Waals surface area contributed by atoms with E-state index in [-0.39, 0.29) is 10.8 Å². The summed E-state index contributed by atoms with van der Waals surface area (Å²) in [6.45, 7) is 4.61. The van der Waals surface area contributed by atoms with Crippen molar-refractivity contribution < 1.29 is 4.74 Å². The number of benzene rings is 1. The van der Waals surface area contributed by atoms with Gasteiger partial charge in [-0.15, -0.1) is 0 Å². The normalized spacial score (nSPS) is 23.3. The smallest absolute Gasteiger partial charge is 0.0592 e. The molecule has 1 aromatic carbocycles. The summed E-state index contributed by atoms with van der Waals surface area (Å²) in [5.41, 5.74) is 10.5. The molecule has 19 heavy (non-hydrogen) atoms. The summed E-state index contributed by atoms with van der Waals surface area (Å²) >= 11 is 0. The predicted molar refractivity (Wildman–Crippen MR) is 76.3 cm³/mol. The van der Waals surface area contributed by atoms with Gasteiger partial charge in [-0.2, -0.15) is 0 Å². The fourth-order valence-electron chi connectivity index (χ4n) is 3.94. The molecule has 1 aliphatic heterocycles. The van der Waals surface area contributed by atoms with Crippen LogP contribution in [0.1, 0.15) is 24.1 Å². The third-order valence-corrected chi connectivity index (χ3v) is 5.33. The number of fused-ring (bicyclic) bond motifs is 1. The summed E-state index contributed by atoms with van der Waals surface area (Å²) in [5.74, 6) is 0. The number of para-hydroxylation sites is 1. The molecule has 2 heterocycles. The topological polar surface area (TPSA) is 51.0 Å². The molecule has 1 aromatic heterocycles. The molecular formula is C16H20N2O. The van der Waals surface area contributed by atoms with Crippen molar-refractivity contribution in [3.05, 3.63) is 35.5 Å². The summed E-state index contributed by atoms with van der Waals surface area (Å²) in [6, 6.07) is 8.58. The largest absolute Gasteiger partial charge is 0.379 e. The van der Waals surface area contributed by atoms with Crippen molar-refractivity contribution in [2.24, 2.45) is 11.1 Å². The maximum atomic E-state index is 6.10. The highest BCUT2D eigenvalue weighted by Crippen LogP contribution is 2.63. The summed E-state index contributed by atoms with van der Waals surface area (Å²) in [4.78, 5) is 3.53. The van der Waals surface area contributed by atoms with Gasteiger partial charge in [0.1, 0.15) is 0 Å². The van der Waals surface area contributed by atoms with Crippen molar-refractivity contribution >= 4 is 10.9 Å².